The van der Waals surface area contributed by atoms with E-state index in [0.717, 1.165) is 29.7 Å². The molecular weight excluding hydrogens is 767 g/mol. The van der Waals surface area contributed by atoms with Crippen LogP contribution in [0.4, 0.5) is 0 Å². The summed E-state index contributed by atoms with van der Waals surface area (Å²) in [5, 5.41) is 27.4. The number of ether oxygens (including phenoxy) is 5. The van der Waals surface area contributed by atoms with E-state index in [1.807, 2.05) is 39.0 Å². The Morgan fingerprint density at radius 3 is 2.37 bits per heavy atom. The number of esters is 1. The van der Waals surface area contributed by atoms with Gasteiger partial charge in [0.15, 0.2) is 0 Å². The van der Waals surface area contributed by atoms with Gasteiger partial charge in [-0.2, -0.15) is 5.10 Å². The Balaban J connectivity index is 0.00000961. The van der Waals surface area contributed by atoms with Crippen LogP contribution in [-0.2, 0) is 38.1 Å². The molecule has 4 rings (SSSR count). The summed E-state index contributed by atoms with van der Waals surface area (Å²) in [6.45, 7) is 16.6. The summed E-state index contributed by atoms with van der Waals surface area (Å²) in [5.74, 6) is -6.22. The number of hydrogen-bond donors (Lipinski definition) is 3. The molecule has 13 nitrogen and oxygen atoms in total. The van der Waals surface area contributed by atoms with Crippen LogP contribution in [0, 0.1) is 29.6 Å². The third kappa shape index (κ3) is 12.7. The van der Waals surface area contributed by atoms with Crippen molar-refractivity contribution in [2.24, 2.45) is 34.7 Å². The second-order valence-electron chi connectivity index (χ2n) is 17.4. The number of methoxy groups -OCH3 is 3. The molecule has 13 atom stereocenters. The Labute approximate surface area is 360 Å². The van der Waals surface area contributed by atoms with Crippen LogP contribution in [0.5, 0.6) is 0 Å². The lowest BCUT2D eigenvalue weighted by Crippen LogP contribution is -2.64. The van der Waals surface area contributed by atoms with E-state index in [1.54, 1.807) is 28.3 Å². The van der Waals surface area contributed by atoms with Crippen molar-refractivity contribution in [1.82, 2.24) is 10.3 Å². The monoisotopic (exact) mass is 844 g/mol. The van der Waals surface area contributed by atoms with E-state index in [2.05, 4.69) is 38.0 Å². The van der Waals surface area contributed by atoms with Gasteiger partial charge in [-0.25, -0.2) is 4.79 Å². The topological polar surface area (TPSA) is 165 Å². The second-order valence-corrected chi connectivity index (χ2v) is 17.4. The van der Waals surface area contributed by atoms with E-state index in [0.29, 0.717) is 51.5 Å². The Morgan fingerprint density at radius 1 is 1.03 bits per heavy atom. The maximum Gasteiger partial charge on any atom is 0.329 e. The summed E-state index contributed by atoms with van der Waals surface area (Å²) in [5.41, 5.74) is 5.92. The molecule has 0 spiro atoms. The number of nitrogens with one attached hydrogen (secondary N) is 1. The molecule has 13 heteroatoms. The number of cyclic esters (lactones) is 1. The number of carbonyl (C=O) groups is 3. The zero-order chi connectivity index (χ0) is 43.4. The van der Waals surface area contributed by atoms with Gasteiger partial charge in [0.05, 0.1) is 30.1 Å². The SMILES string of the molecule is C.C=CC[C@@H]1/C=C(\C)C[C@H](C)C[C@H](OC)[C@H]2O[C@@](O)(C(=O)C(=O)N3CCCC[C@H]3C(=O)O[C@H](/C(C)=C/[C@@H]3CC[C@@H](O)[C@H](OC)C3)[C@H](C)/C=C/C1=N/NCC)[C@H](C)C[C@@H]2OC. The predicted molar refractivity (Wildman–Crippen MR) is 234 cm³/mol. The number of fused-ring (bicyclic) bond motifs is 3. The summed E-state index contributed by atoms with van der Waals surface area (Å²) in [7, 11) is 4.74. The minimum Gasteiger partial charge on any atom is -0.456 e. The number of Topliss-reactive ketones (excluding diaryl/α,β-unsaturated/α-hetero) is 1. The van der Waals surface area contributed by atoms with Gasteiger partial charge in [-0.1, -0.05) is 58.1 Å². The molecule has 1 saturated carbocycles. The second kappa shape index (κ2) is 23.9. The minimum atomic E-state index is -2.47. The van der Waals surface area contributed by atoms with Crippen molar-refractivity contribution >= 4 is 23.4 Å². The van der Waals surface area contributed by atoms with Crippen molar-refractivity contribution in [3.63, 3.8) is 0 Å². The number of piperidine rings is 1. The Morgan fingerprint density at radius 2 is 1.72 bits per heavy atom. The fourth-order valence-electron chi connectivity index (χ4n) is 9.43. The molecule has 0 radical (unpaired) electrons. The highest BCUT2D eigenvalue weighted by molar-refractivity contribution is 6.39. The van der Waals surface area contributed by atoms with Crippen LogP contribution in [-0.4, -0.2) is 121 Å². The van der Waals surface area contributed by atoms with Gasteiger partial charge in [-0.3, -0.25) is 9.59 Å². The first kappa shape index (κ1) is 51.2. The van der Waals surface area contributed by atoms with E-state index in [-0.39, 0.29) is 50.2 Å². The van der Waals surface area contributed by atoms with Gasteiger partial charge in [-0.05, 0) is 108 Å². The minimum absolute atomic E-state index is 0. The van der Waals surface area contributed by atoms with Crippen LogP contribution in [0.2, 0.25) is 0 Å². The largest absolute Gasteiger partial charge is 0.456 e. The van der Waals surface area contributed by atoms with Gasteiger partial charge in [0.1, 0.15) is 18.2 Å². The van der Waals surface area contributed by atoms with Crippen LogP contribution < -0.4 is 5.43 Å². The molecule has 0 aromatic carbocycles. The average molecular weight is 844 g/mol. The molecule has 4 aliphatic rings. The summed E-state index contributed by atoms with van der Waals surface area (Å²) in [6.07, 6.45) is 12.4. The number of carbonyl (C=O) groups excluding carboxylic acids is 3. The van der Waals surface area contributed by atoms with Gasteiger partial charge < -0.3 is 44.2 Å². The van der Waals surface area contributed by atoms with Crippen LogP contribution >= 0.6 is 0 Å². The summed E-state index contributed by atoms with van der Waals surface area (Å²) < 4.78 is 30.2. The molecule has 1 aliphatic carbocycles. The standard InChI is InChI=1S/C46H73N3O10.CH4/c1-11-15-34-23-28(3)22-29(4)24-39(56-9)42-40(57-10)26-32(7)46(54,59-42)43(51)44(52)49-21-14-13-16-36(49)45(53)58-41(30(5)17-19-35(34)48-47-12-2)31(6)25-33-18-20-37(50)38(27-33)55-8;/h11,17,19,23,25,29-30,32-34,36-42,47,50,54H,1,12-16,18,20-22,24,26-27H2,2-10H3;1H4/b19-17+,28-23+,31-25+,48-35-;/t29-,30+,32+,33-,34+,36-,37+,38+,39-,40-,41-,42+,46+;/m0./s1. The molecule has 3 fully saturated rings. The molecule has 0 unspecified atom stereocenters. The first-order valence-corrected chi connectivity index (χ1v) is 21.8. The molecule has 0 aromatic heterocycles. The summed E-state index contributed by atoms with van der Waals surface area (Å²) in [6, 6.07) is -1.04. The molecule has 0 aromatic rings. The van der Waals surface area contributed by atoms with E-state index in [1.165, 1.54) is 4.90 Å². The molecule has 1 amide bonds. The first-order valence-electron chi connectivity index (χ1n) is 21.8. The number of allylic oxidation sites excluding steroid dienone is 5. The van der Waals surface area contributed by atoms with Gasteiger partial charge in [0, 0.05) is 52.2 Å². The van der Waals surface area contributed by atoms with Crippen molar-refractivity contribution in [2.45, 2.75) is 162 Å². The molecule has 340 valence electrons. The van der Waals surface area contributed by atoms with Crippen molar-refractivity contribution in [2.75, 3.05) is 34.4 Å². The van der Waals surface area contributed by atoms with Gasteiger partial charge in [0.25, 0.3) is 11.7 Å². The van der Waals surface area contributed by atoms with E-state index in [9.17, 15) is 24.6 Å². The molecule has 2 bridgehead atoms. The maximum atomic E-state index is 14.4. The lowest BCUT2D eigenvalue weighted by atomic mass is 9.82. The smallest absolute Gasteiger partial charge is 0.329 e. The Kier molecular flexibility index (Phi) is 20.3. The number of nitrogens with zero attached hydrogens (tertiary/aromatic N) is 2. The van der Waals surface area contributed by atoms with E-state index < -0.39 is 65.9 Å². The number of amides is 1. The maximum absolute atomic E-state index is 14.4. The van der Waals surface area contributed by atoms with Crippen LogP contribution in [0.1, 0.15) is 113 Å². The zero-order valence-electron chi connectivity index (χ0n) is 37.1. The number of hydrogen-bond acceptors (Lipinski definition) is 12. The van der Waals surface area contributed by atoms with Crippen molar-refractivity contribution in [3.05, 3.63) is 48.1 Å². The normalized spacial score (nSPS) is 39.0. The predicted octanol–water partition coefficient (Wildman–Crippen LogP) is 6.48. The van der Waals surface area contributed by atoms with Gasteiger partial charge in [-0.15, -0.1) is 6.58 Å². The number of rotatable bonds is 9. The zero-order valence-corrected chi connectivity index (χ0v) is 37.1. The van der Waals surface area contributed by atoms with Crippen molar-refractivity contribution < 1.29 is 48.3 Å². The lowest BCUT2D eigenvalue weighted by Gasteiger charge is -2.47. The van der Waals surface area contributed by atoms with E-state index >= 15 is 0 Å². The number of aliphatic hydroxyl groups is 2. The fraction of sp³-hybridized carbons (Fsp3) is 0.745. The Bertz CT molecular complexity index is 1560. The molecule has 3 N–H and O–H groups in total. The van der Waals surface area contributed by atoms with Crippen LogP contribution in [0.15, 0.2) is 53.2 Å². The van der Waals surface area contributed by atoms with Crippen LogP contribution in [0.3, 0.4) is 0 Å². The highest BCUT2D eigenvalue weighted by atomic mass is 16.7. The number of hydrazone groups is 1. The van der Waals surface area contributed by atoms with Crippen molar-refractivity contribution in [1.29, 1.82) is 0 Å². The van der Waals surface area contributed by atoms with E-state index in [4.69, 9.17) is 28.8 Å². The number of ketones is 1. The fourth-order valence-corrected chi connectivity index (χ4v) is 9.43. The first-order chi connectivity index (χ1) is 28.1. The molecule has 2 saturated heterocycles. The third-order valence-corrected chi connectivity index (χ3v) is 12.8. The molecule has 60 heavy (non-hydrogen) atoms. The highest BCUT2D eigenvalue weighted by Gasteiger charge is 2.56. The summed E-state index contributed by atoms with van der Waals surface area (Å²) >= 11 is 0. The molecule has 3 heterocycles. The van der Waals surface area contributed by atoms with Gasteiger partial charge in [0.2, 0.25) is 5.79 Å². The molecule has 3 aliphatic heterocycles. The molecular formula is C47H77N3O10. The highest BCUT2D eigenvalue weighted by Crippen LogP contribution is 2.39. The quantitative estimate of drug-likeness (QED) is 0.101. The van der Waals surface area contributed by atoms with Crippen LogP contribution in [0.25, 0.3) is 0 Å². The van der Waals surface area contributed by atoms with Gasteiger partial charge >= 0.3 is 5.97 Å². The number of aliphatic hydroxyl groups excluding tert-OH is 1. The summed E-state index contributed by atoms with van der Waals surface area (Å²) in [4.78, 5) is 44.3. The third-order valence-electron chi connectivity index (χ3n) is 12.8. The lowest BCUT2D eigenvalue weighted by molar-refractivity contribution is -0.302. The van der Waals surface area contributed by atoms with Crippen molar-refractivity contribution in [3.8, 4) is 0 Å². The average Bonchev–Trinajstić information content (AvgIpc) is 3.22. The Hall–Kier alpha value is -3.20.